The van der Waals surface area contributed by atoms with Gasteiger partial charge in [0.25, 0.3) is 0 Å². The Balaban J connectivity index is 2.06. The summed E-state index contributed by atoms with van der Waals surface area (Å²) in [6, 6.07) is 3.72. The summed E-state index contributed by atoms with van der Waals surface area (Å²) in [5.74, 6) is 2.00. The molecule has 1 atom stereocenters. The summed E-state index contributed by atoms with van der Waals surface area (Å²) in [6.45, 7) is 6.50. The molecular formula is C21H28O3. The molecular weight excluding hydrogens is 300 g/mol. The number of ether oxygens (including phenoxy) is 2. The highest BCUT2D eigenvalue weighted by Crippen LogP contribution is 2.36. The maximum absolute atomic E-state index is 12.6. The van der Waals surface area contributed by atoms with Crippen LogP contribution < -0.4 is 9.47 Å². The van der Waals surface area contributed by atoms with Crippen LogP contribution in [0.1, 0.15) is 56.0 Å². The predicted octanol–water partition coefficient (Wildman–Crippen LogP) is 5.14. The molecule has 2 rings (SSSR count). The first-order valence-electron chi connectivity index (χ1n) is 8.58. The SMILES string of the molecule is COc1cc2c(cc1OC)C(=O)C(=CCC(C)CCC=C(C)C)C2. The molecule has 0 amide bonds. The zero-order valence-electron chi connectivity index (χ0n) is 15.4. The molecule has 130 valence electrons. The lowest BCUT2D eigenvalue weighted by Crippen LogP contribution is -1.99. The zero-order chi connectivity index (χ0) is 17.7. The van der Waals surface area contributed by atoms with Gasteiger partial charge in [-0.05, 0) is 56.7 Å². The highest BCUT2D eigenvalue weighted by atomic mass is 16.5. The van der Waals surface area contributed by atoms with Crippen molar-refractivity contribution in [2.24, 2.45) is 5.92 Å². The number of hydrogen-bond acceptors (Lipinski definition) is 3. The Morgan fingerprint density at radius 2 is 1.88 bits per heavy atom. The van der Waals surface area contributed by atoms with Crippen molar-refractivity contribution in [3.05, 3.63) is 46.6 Å². The standard InChI is InChI=1S/C21H28O3/c1-14(2)7-6-8-15(3)9-10-16-11-17-12-19(23-4)20(24-5)13-18(17)21(16)22/h7,10,12-13,15H,6,8-9,11H2,1-5H3. The van der Waals surface area contributed by atoms with Crippen LogP contribution in [0, 0.1) is 5.92 Å². The van der Waals surface area contributed by atoms with E-state index in [1.54, 1.807) is 20.3 Å². The number of ketones is 1. The Morgan fingerprint density at radius 3 is 2.50 bits per heavy atom. The number of carbonyl (C=O) groups excluding carboxylic acids is 1. The third-order valence-electron chi connectivity index (χ3n) is 4.51. The summed E-state index contributed by atoms with van der Waals surface area (Å²) in [5.41, 5.74) is 4.04. The van der Waals surface area contributed by atoms with Gasteiger partial charge in [-0.1, -0.05) is 24.6 Å². The first-order chi connectivity index (χ1) is 11.5. The molecule has 1 aliphatic rings. The van der Waals surface area contributed by atoms with E-state index in [2.05, 4.69) is 32.9 Å². The van der Waals surface area contributed by atoms with Crippen molar-refractivity contribution >= 4 is 5.78 Å². The third-order valence-corrected chi connectivity index (χ3v) is 4.51. The van der Waals surface area contributed by atoms with Crippen LogP contribution in [0.5, 0.6) is 11.5 Å². The van der Waals surface area contributed by atoms with E-state index >= 15 is 0 Å². The van der Waals surface area contributed by atoms with Gasteiger partial charge in [0.05, 0.1) is 14.2 Å². The number of Topliss-reactive ketones (excluding diaryl/α,β-unsaturated/α-hetero) is 1. The first kappa shape index (κ1) is 18.3. The van der Waals surface area contributed by atoms with Gasteiger partial charge >= 0.3 is 0 Å². The van der Waals surface area contributed by atoms with Crippen LogP contribution in [0.4, 0.5) is 0 Å². The summed E-state index contributed by atoms with van der Waals surface area (Å²) >= 11 is 0. The Bertz CT molecular complexity index is 664. The molecule has 1 aromatic rings. The average molecular weight is 328 g/mol. The Labute approximate surface area is 145 Å². The van der Waals surface area contributed by atoms with Crippen LogP contribution in [0.15, 0.2) is 35.4 Å². The molecule has 1 aliphatic carbocycles. The molecule has 0 N–H and O–H groups in total. The summed E-state index contributed by atoms with van der Waals surface area (Å²) in [7, 11) is 3.21. The minimum atomic E-state index is 0.127. The molecule has 0 saturated carbocycles. The molecule has 0 radical (unpaired) electrons. The van der Waals surface area contributed by atoms with Crippen molar-refractivity contribution in [1.82, 2.24) is 0 Å². The van der Waals surface area contributed by atoms with E-state index in [9.17, 15) is 4.79 Å². The molecule has 3 heteroatoms. The third kappa shape index (κ3) is 4.28. The van der Waals surface area contributed by atoms with E-state index in [0.29, 0.717) is 23.8 Å². The lowest BCUT2D eigenvalue weighted by atomic mass is 9.98. The van der Waals surface area contributed by atoms with Crippen LogP contribution in [0.25, 0.3) is 0 Å². The monoisotopic (exact) mass is 328 g/mol. The first-order valence-corrected chi connectivity index (χ1v) is 8.58. The fourth-order valence-corrected chi connectivity index (χ4v) is 3.02. The van der Waals surface area contributed by atoms with Crippen molar-refractivity contribution in [3.8, 4) is 11.5 Å². The van der Waals surface area contributed by atoms with E-state index in [0.717, 1.165) is 36.0 Å². The number of hydrogen-bond donors (Lipinski definition) is 0. The number of carbonyl (C=O) groups is 1. The molecule has 0 bridgehead atoms. The normalized spacial score (nSPS) is 16.0. The molecule has 1 aromatic carbocycles. The minimum absolute atomic E-state index is 0.127. The Morgan fingerprint density at radius 1 is 1.21 bits per heavy atom. The molecule has 0 fully saturated rings. The largest absolute Gasteiger partial charge is 0.493 e. The second-order valence-corrected chi connectivity index (χ2v) is 6.80. The van der Waals surface area contributed by atoms with Gasteiger partial charge in [-0.3, -0.25) is 4.79 Å². The molecule has 3 nitrogen and oxygen atoms in total. The van der Waals surface area contributed by atoms with Gasteiger partial charge in [-0.2, -0.15) is 0 Å². The molecule has 0 aromatic heterocycles. The maximum Gasteiger partial charge on any atom is 0.189 e. The topological polar surface area (TPSA) is 35.5 Å². The van der Waals surface area contributed by atoms with Gasteiger partial charge in [-0.25, -0.2) is 0 Å². The Hall–Kier alpha value is -2.03. The quantitative estimate of drug-likeness (QED) is 0.513. The molecule has 0 aliphatic heterocycles. The molecule has 0 heterocycles. The van der Waals surface area contributed by atoms with Crippen molar-refractivity contribution in [1.29, 1.82) is 0 Å². The van der Waals surface area contributed by atoms with Gasteiger partial charge in [0.1, 0.15) is 0 Å². The van der Waals surface area contributed by atoms with Gasteiger partial charge in [0, 0.05) is 17.6 Å². The van der Waals surface area contributed by atoms with Crippen LogP contribution >= 0.6 is 0 Å². The molecule has 0 saturated heterocycles. The van der Waals surface area contributed by atoms with E-state index in [4.69, 9.17) is 9.47 Å². The van der Waals surface area contributed by atoms with E-state index in [1.807, 2.05) is 6.07 Å². The summed E-state index contributed by atoms with van der Waals surface area (Å²) in [6.07, 6.45) is 8.29. The summed E-state index contributed by atoms with van der Waals surface area (Å²) < 4.78 is 10.6. The average Bonchev–Trinajstić information content (AvgIpc) is 2.86. The van der Waals surface area contributed by atoms with Crippen molar-refractivity contribution in [3.63, 3.8) is 0 Å². The molecule has 1 unspecified atom stereocenters. The lowest BCUT2D eigenvalue weighted by Gasteiger charge is -2.08. The second kappa shape index (κ2) is 8.18. The number of methoxy groups -OCH3 is 2. The van der Waals surface area contributed by atoms with Crippen LogP contribution in [0.2, 0.25) is 0 Å². The number of fused-ring (bicyclic) bond motifs is 1. The van der Waals surface area contributed by atoms with Crippen molar-refractivity contribution < 1.29 is 14.3 Å². The minimum Gasteiger partial charge on any atom is -0.493 e. The highest BCUT2D eigenvalue weighted by molar-refractivity contribution is 6.13. The number of rotatable bonds is 7. The van der Waals surface area contributed by atoms with E-state index in [-0.39, 0.29) is 5.78 Å². The Kier molecular flexibility index (Phi) is 6.24. The fraction of sp³-hybridized carbons (Fsp3) is 0.476. The van der Waals surface area contributed by atoms with Crippen molar-refractivity contribution in [2.75, 3.05) is 14.2 Å². The van der Waals surface area contributed by atoms with Crippen LogP contribution in [-0.4, -0.2) is 20.0 Å². The fourth-order valence-electron chi connectivity index (χ4n) is 3.02. The summed E-state index contributed by atoms with van der Waals surface area (Å²) in [5, 5.41) is 0. The zero-order valence-corrected chi connectivity index (χ0v) is 15.4. The van der Waals surface area contributed by atoms with E-state index < -0.39 is 0 Å². The van der Waals surface area contributed by atoms with Crippen LogP contribution in [-0.2, 0) is 6.42 Å². The lowest BCUT2D eigenvalue weighted by molar-refractivity contribution is 0.103. The summed E-state index contributed by atoms with van der Waals surface area (Å²) in [4.78, 5) is 12.6. The molecule has 0 spiro atoms. The van der Waals surface area contributed by atoms with Gasteiger partial charge in [-0.15, -0.1) is 0 Å². The predicted molar refractivity (Wildman–Crippen MR) is 98.1 cm³/mol. The maximum atomic E-state index is 12.6. The van der Waals surface area contributed by atoms with Gasteiger partial charge in [0.2, 0.25) is 0 Å². The van der Waals surface area contributed by atoms with Gasteiger partial charge < -0.3 is 9.47 Å². The number of allylic oxidation sites excluding steroid dienone is 4. The van der Waals surface area contributed by atoms with Gasteiger partial charge in [0.15, 0.2) is 17.3 Å². The van der Waals surface area contributed by atoms with Crippen LogP contribution in [0.3, 0.4) is 0 Å². The molecule has 24 heavy (non-hydrogen) atoms. The highest BCUT2D eigenvalue weighted by Gasteiger charge is 2.27. The smallest absolute Gasteiger partial charge is 0.189 e. The second-order valence-electron chi connectivity index (χ2n) is 6.80. The van der Waals surface area contributed by atoms with E-state index in [1.165, 1.54) is 5.57 Å². The van der Waals surface area contributed by atoms with Crippen molar-refractivity contribution in [2.45, 2.75) is 46.5 Å². The number of benzene rings is 1.